The highest BCUT2D eigenvalue weighted by molar-refractivity contribution is 5.96. The molecule has 4 heteroatoms. The van der Waals surface area contributed by atoms with Crippen molar-refractivity contribution >= 4 is 5.91 Å². The molecule has 0 aromatic heterocycles. The summed E-state index contributed by atoms with van der Waals surface area (Å²) in [4.78, 5) is 14.8. The molecular formula is C24H32N2O2. The lowest BCUT2D eigenvalue weighted by molar-refractivity contribution is -0.144. The number of ether oxygens (including phenoxy) is 1. The van der Waals surface area contributed by atoms with Gasteiger partial charge in [0.05, 0.1) is 11.7 Å². The van der Waals surface area contributed by atoms with E-state index >= 15 is 0 Å². The van der Waals surface area contributed by atoms with Gasteiger partial charge in [-0.05, 0) is 37.3 Å². The van der Waals surface area contributed by atoms with E-state index in [-0.39, 0.29) is 17.6 Å². The average Bonchev–Trinajstić information content (AvgIpc) is 3.01. The first-order chi connectivity index (χ1) is 13.7. The molecule has 150 valence electrons. The molecule has 0 aromatic rings. The molecule has 28 heavy (non-hydrogen) atoms. The van der Waals surface area contributed by atoms with Crippen molar-refractivity contribution < 1.29 is 9.53 Å². The molecule has 1 aliphatic carbocycles. The minimum Gasteiger partial charge on any atom is -0.364 e. The molecule has 3 aliphatic rings. The molecule has 2 aliphatic heterocycles. The number of hydrogen-bond donors (Lipinski definition) is 1. The van der Waals surface area contributed by atoms with Crippen LogP contribution < -0.4 is 5.32 Å². The summed E-state index contributed by atoms with van der Waals surface area (Å²) >= 11 is 0. The van der Waals surface area contributed by atoms with Gasteiger partial charge in [-0.1, -0.05) is 62.1 Å². The van der Waals surface area contributed by atoms with Crippen molar-refractivity contribution in [3.63, 3.8) is 0 Å². The van der Waals surface area contributed by atoms with Gasteiger partial charge in [-0.15, -0.1) is 0 Å². The third-order valence-electron chi connectivity index (χ3n) is 5.64. The molecule has 0 radical (unpaired) electrons. The van der Waals surface area contributed by atoms with Crippen molar-refractivity contribution in [1.82, 2.24) is 10.2 Å². The van der Waals surface area contributed by atoms with E-state index in [0.29, 0.717) is 0 Å². The lowest BCUT2D eigenvalue weighted by atomic mass is 9.88. The van der Waals surface area contributed by atoms with Crippen LogP contribution in [-0.2, 0) is 9.53 Å². The average molecular weight is 381 g/mol. The van der Waals surface area contributed by atoms with E-state index in [1.807, 2.05) is 35.3 Å². The van der Waals surface area contributed by atoms with Crippen molar-refractivity contribution in [3.05, 3.63) is 72.4 Å². The Hall–Kier alpha value is -2.17. The number of nitrogens with one attached hydrogen (secondary N) is 1. The predicted octanol–water partition coefficient (Wildman–Crippen LogP) is 3.86. The topological polar surface area (TPSA) is 41.6 Å². The number of carbonyl (C=O) groups excluding carboxylic acids is 1. The quantitative estimate of drug-likeness (QED) is 0.737. The fourth-order valence-electron chi connectivity index (χ4n) is 3.96. The van der Waals surface area contributed by atoms with E-state index in [9.17, 15) is 4.79 Å². The predicted molar refractivity (Wildman–Crippen MR) is 115 cm³/mol. The van der Waals surface area contributed by atoms with E-state index in [4.69, 9.17) is 4.74 Å². The van der Waals surface area contributed by atoms with Gasteiger partial charge in [-0.25, -0.2) is 0 Å². The normalized spacial score (nSPS) is 25.0. The van der Waals surface area contributed by atoms with E-state index in [1.165, 1.54) is 0 Å². The number of hydrogen-bond acceptors (Lipinski definition) is 3. The summed E-state index contributed by atoms with van der Waals surface area (Å²) in [7, 11) is 0. The molecule has 0 aromatic carbocycles. The van der Waals surface area contributed by atoms with Crippen molar-refractivity contribution in [2.45, 2.75) is 44.3 Å². The minimum atomic E-state index is -0.203. The van der Waals surface area contributed by atoms with Gasteiger partial charge in [0.1, 0.15) is 0 Å². The number of morpholine rings is 1. The first-order valence-corrected chi connectivity index (χ1v) is 10.4. The Labute approximate surface area is 169 Å². The summed E-state index contributed by atoms with van der Waals surface area (Å²) in [5.41, 5.74) is 1.70. The first-order valence-electron chi connectivity index (χ1n) is 10.4. The molecule has 2 heterocycles. The number of amides is 1. The summed E-state index contributed by atoms with van der Waals surface area (Å²) in [6, 6.07) is 0. The van der Waals surface area contributed by atoms with Gasteiger partial charge in [0, 0.05) is 31.8 Å². The second-order valence-electron chi connectivity index (χ2n) is 7.60. The van der Waals surface area contributed by atoms with Crippen molar-refractivity contribution in [2.75, 3.05) is 26.2 Å². The fraction of sp³-hybridized carbons (Fsp3) is 0.458. The second kappa shape index (κ2) is 9.85. The van der Waals surface area contributed by atoms with Crippen LogP contribution in [0.25, 0.3) is 0 Å². The van der Waals surface area contributed by atoms with Crippen LogP contribution in [0.5, 0.6) is 0 Å². The Kier molecular flexibility index (Phi) is 7.24. The number of likely N-dealkylation sites (tertiary alicyclic amines) is 1. The van der Waals surface area contributed by atoms with Crippen LogP contribution in [0.15, 0.2) is 72.4 Å². The SMILES string of the molecule is C=C/C(=C\C=CCC)C1CNCC2(CCN(C(=O)C3=CCC=CC=C3)CC2)O1. The van der Waals surface area contributed by atoms with Crippen LogP contribution >= 0.6 is 0 Å². The zero-order valence-electron chi connectivity index (χ0n) is 16.9. The monoisotopic (exact) mass is 380 g/mol. The summed E-state index contributed by atoms with van der Waals surface area (Å²) in [5.74, 6) is 0.131. The fourth-order valence-corrected chi connectivity index (χ4v) is 3.96. The Morgan fingerprint density at radius 1 is 1.39 bits per heavy atom. The summed E-state index contributed by atoms with van der Waals surface area (Å²) < 4.78 is 6.58. The largest absolute Gasteiger partial charge is 0.364 e. The number of piperidine rings is 1. The zero-order chi connectivity index (χ0) is 19.8. The number of nitrogens with zero attached hydrogens (tertiary/aromatic N) is 1. The Balaban J connectivity index is 1.61. The number of carbonyl (C=O) groups is 1. The molecule has 3 rings (SSSR count). The molecule has 1 spiro atoms. The number of allylic oxidation sites excluding steroid dienone is 7. The summed E-state index contributed by atoms with van der Waals surface area (Å²) in [6.45, 7) is 9.19. The molecule has 2 fully saturated rings. The van der Waals surface area contributed by atoms with Crippen molar-refractivity contribution in [1.29, 1.82) is 0 Å². The molecule has 1 amide bonds. The Morgan fingerprint density at radius 3 is 2.96 bits per heavy atom. The molecule has 0 saturated carbocycles. The van der Waals surface area contributed by atoms with Gasteiger partial charge in [0.15, 0.2) is 0 Å². The Morgan fingerprint density at radius 2 is 2.21 bits per heavy atom. The maximum atomic E-state index is 12.8. The first kappa shape index (κ1) is 20.6. The number of rotatable bonds is 5. The smallest absolute Gasteiger partial charge is 0.253 e. The minimum absolute atomic E-state index is 0.00794. The highest BCUT2D eigenvalue weighted by atomic mass is 16.5. The molecule has 1 unspecified atom stereocenters. The van der Waals surface area contributed by atoms with Gasteiger partial charge in [0.2, 0.25) is 0 Å². The van der Waals surface area contributed by atoms with Crippen LogP contribution in [0.4, 0.5) is 0 Å². The van der Waals surface area contributed by atoms with Gasteiger partial charge in [-0.3, -0.25) is 4.79 Å². The van der Waals surface area contributed by atoms with E-state index < -0.39 is 0 Å². The third-order valence-corrected chi connectivity index (χ3v) is 5.64. The molecule has 1 N–H and O–H groups in total. The van der Waals surface area contributed by atoms with Gasteiger partial charge >= 0.3 is 0 Å². The standard InChI is InChI=1S/C24H32N2O2/c1-3-5-8-11-20(4-2)22-18-25-19-24(28-22)14-16-26(17-15-24)23(27)21-12-9-6-7-10-13-21/h4-9,11-13,22,25H,2-3,10,14-19H2,1H3/b8-5?,20-11+. The van der Waals surface area contributed by atoms with Gasteiger partial charge < -0.3 is 15.0 Å². The lowest BCUT2D eigenvalue weighted by Gasteiger charge is -2.47. The maximum Gasteiger partial charge on any atom is 0.253 e. The van der Waals surface area contributed by atoms with Crippen molar-refractivity contribution in [2.24, 2.45) is 0 Å². The molecular weight excluding hydrogens is 348 g/mol. The molecule has 0 bridgehead atoms. The molecule has 4 nitrogen and oxygen atoms in total. The van der Waals surface area contributed by atoms with E-state index in [2.05, 4.69) is 43.1 Å². The molecule has 1 atom stereocenters. The van der Waals surface area contributed by atoms with E-state index in [1.54, 1.807) is 0 Å². The highest BCUT2D eigenvalue weighted by Gasteiger charge is 2.41. The second-order valence-corrected chi connectivity index (χ2v) is 7.60. The van der Waals surface area contributed by atoms with Crippen LogP contribution in [0.3, 0.4) is 0 Å². The Bertz CT molecular complexity index is 719. The van der Waals surface area contributed by atoms with Crippen LogP contribution in [0.1, 0.15) is 32.6 Å². The summed E-state index contributed by atoms with van der Waals surface area (Å²) in [5, 5.41) is 3.54. The van der Waals surface area contributed by atoms with Gasteiger partial charge in [0.25, 0.3) is 5.91 Å². The molecule has 2 saturated heterocycles. The lowest BCUT2D eigenvalue weighted by Crippen LogP contribution is -2.59. The summed E-state index contributed by atoms with van der Waals surface area (Å²) in [6.07, 6.45) is 21.6. The van der Waals surface area contributed by atoms with Crippen LogP contribution in [0.2, 0.25) is 0 Å². The van der Waals surface area contributed by atoms with Crippen LogP contribution in [0, 0.1) is 0 Å². The maximum absolute atomic E-state index is 12.8. The van der Waals surface area contributed by atoms with Crippen molar-refractivity contribution in [3.8, 4) is 0 Å². The zero-order valence-corrected chi connectivity index (χ0v) is 16.9. The van der Waals surface area contributed by atoms with Crippen LogP contribution in [-0.4, -0.2) is 48.7 Å². The van der Waals surface area contributed by atoms with Gasteiger partial charge in [-0.2, -0.15) is 0 Å². The highest BCUT2D eigenvalue weighted by Crippen LogP contribution is 2.32. The van der Waals surface area contributed by atoms with E-state index in [0.717, 1.165) is 63.0 Å². The third kappa shape index (κ3) is 5.00.